The molecule has 0 aliphatic rings. The molecule has 0 fully saturated rings. The second kappa shape index (κ2) is 8.22. The summed E-state index contributed by atoms with van der Waals surface area (Å²) in [4.78, 5) is 10.4. The van der Waals surface area contributed by atoms with Gasteiger partial charge in [0.2, 0.25) is 0 Å². The van der Waals surface area contributed by atoms with E-state index in [1.807, 2.05) is 11.3 Å². The van der Waals surface area contributed by atoms with Gasteiger partial charge in [-0.1, -0.05) is 72.8 Å². The van der Waals surface area contributed by atoms with E-state index in [-0.39, 0.29) is 0 Å². The number of thiophene rings is 1. The van der Waals surface area contributed by atoms with E-state index in [2.05, 4.69) is 132 Å². The maximum absolute atomic E-state index is 5.32. The Balaban J connectivity index is 1.38. The van der Waals surface area contributed by atoms with Gasteiger partial charge in [0.1, 0.15) is 5.82 Å². The number of aromatic nitrogens is 3. The monoisotopic (exact) mass is 527 g/mol. The molecule has 0 bridgehead atoms. The number of benzene rings is 6. The van der Waals surface area contributed by atoms with E-state index in [0.717, 1.165) is 39.1 Å². The minimum absolute atomic E-state index is 0.734. The molecule has 0 aliphatic carbocycles. The molecular formula is C36H21N3S. The van der Waals surface area contributed by atoms with Crippen molar-refractivity contribution in [1.29, 1.82) is 0 Å². The molecule has 9 rings (SSSR count). The number of para-hydroxylation sites is 2. The molecule has 0 saturated heterocycles. The van der Waals surface area contributed by atoms with Gasteiger partial charge >= 0.3 is 0 Å². The summed E-state index contributed by atoms with van der Waals surface area (Å²) in [6, 6.07) is 45.4. The van der Waals surface area contributed by atoms with Gasteiger partial charge in [0.25, 0.3) is 0 Å². The topological polar surface area (TPSA) is 30.7 Å². The third-order valence-electron chi connectivity index (χ3n) is 7.97. The van der Waals surface area contributed by atoms with Crippen LogP contribution in [0.2, 0.25) is 0 Å². The average Bonchev–Trinajstić information content (AvgIpc) is 3.54. The second-order valence-corrected chi connectivity index (χ2v) is 11.3. The van der Waals surface area contributed by atoms with Crippen molar-refractivity contribution in [3.05, 3.63) is 127 Å². The lowest BCUT2D eigenvalue weighted by Gasteiger charge is -2.13. The number of fused-ring (bicyclic) bond motifs is 8. The van der Waals surface area contributed by atoms with Crippen molar-refractivity contribution in [2.75, 3.05) is 0 Å². The van der Waals surface area contributed by atoms with Crippen molar-refractivity contribution in [2.45, 2.75) is 0 Å². The van der Waals surface area contributed by atoms with Crippen LogP contribution in [0, 0.1) is 0 Å². The van der Waals surface area contributed by atoms with Crippen LogP contribution in [0.5, 0.6) is 0 Å². The molecule has 0 radical (unpaired) electrons. The van der Waals surface area contributed by atoms with Gasteiger partial charge in [-0.05, 0) is 65.4 Å². The molecule has 0 atom stereocenters. The molecule has 3 heterocycles. The molecule has 6 aromatic carbocycles. The standard InChI is InChI=1S/C36H21N3S/c1-2-10-23-21-32-28(19-22(23)9-1)25-11-4-7-15-31(25)39(32)36-27-13-3-6-14-30(27)37-35(38-36)24-17-18-34-29(20-24)26-12-5-8-16-33(26)40-34/h1-21H. The Morgan fingerprint density at radius 2 is 1.18 bits per heavy atom. The third kappa shape index (κ3) is 3.11. The molecule has 0 spiro atoms. The smallest absolute Gasteiger partial charge is 0.162 e. The Morgan fingerprint density at radius 3 is 2.08 bits per heavy atom. The van der Waals surface area contributed by atoms with Gasteiger partial charge in [-0.3, -0.25) is 4.57 Å². The lowest BCUT2D eigenvalue weighted by Crippen LogP contribution is -2.02. The van der Waals surface area contributed by atoms with E-state index in [1.54, 1.807) is 0 Å². The highest BCUT2D eigenvalue weighted by Gasteiger charge is 2.18. The lowest BCUT2D eigenvalue weighted by molar-refractivity contribution is 1.08. The third-order valence-corrected chi connectivity index (χ3v) is 9.12. The van der Waals surface area contributed by atoms with E-state index in [4.69, 9.17) is 9.97 Å². The molecule has 9 aromatic rings. The normalized spacial score (nSPS) is 12.0. The molecule has 0 amide bonds. The molecule has 0 aliphatic heterocycles. The van der Waals surface area contributed by atoms with E-state index in [1.165, 1.54) is 41.7 Å². The van der Waals surface area contributed by atoms with Gasteiger partial charge in [0.15, 0.2) is 5.82 Å². The van der Waals surface area contributed by atoms with Crippen LogP contribution in [-0.2, 0) is 0 Å². The van der Waals surface area contributed by atoms with Gasteiger partial charge in [-0.25, -0.2) is 9.97 Å². The SMILES string of the molecule is c1ccc2cc3c(cc2c1)c1ccccc1n3-c1nc(-c2ccc3sc4ccccc4c3c2)nc2ccccc12. The van der Waals surface area contributed by atoms with Crippen molar-refractivity contribution in [3.8, 4) is 17.2 Å². The minimum atomic E-state index is 0.734. The average molecular weight is 528 g/mol. The summed E-state index contributed by atoms with van der Waals surface area (Å²) in [5.41, 5.74) is 4.25. The Morgan fingerprint density at radius 1 is 0.475 bits per heavy atom. The van der Waals surface area contributed by atoms with E-state index in [0.29, 0.717) is 0 Å². The van der Waals surface area contributed by atoms with Crippen molar-refractivity contribution in [1.82, 2.24) is 14.5 Å². The number of nitrogens with zero attached hydrogens (tertiary/aromatic N) is 3. The summed E-state index contributed by atoms with van der Waals surface area (Å²) < 4.78 is 4.90. The van der Waals surface area contributed by atoms with Crippen LogP contribution in [-0.4, -0.2) is 14.5 Å². The van der Waals surface area contributed by atoms with E-state index < -0.39 is 0 Å². The fourth-order valence-electron chi connectivity index (χ4n) is 6.11. The van der Waals surface area contributed by atoms with Crippen molar-refractivity contribution in [3.63, 3.8) is 0 Å². The fourth-order valence-corrected chi connectivity index (χ4v) is 7.19. The van der Waals surface area contributed by atoms with Crippen LogP contribution < -0.4 is 0 Å². The summed E-state index contributed by atoms with van der Waals surface area (Å²) >= 11 is 1.83. The quantitative estimate of drug-likeness (QED) is 0.224. The highest BCUT2D eigenvalue weighted by atomic mass is 32.1. The predicted molar refractivity (Wildman–Crippen MR) is 170 cm³/mol. The van der Waals surface area contributed by atoms with Crippen LogP contribution in [0.4, 0.5) is 0 Å². The zero-order chi connectivity index (χ0) is 26.2. The summed E-state index contributed by atoms with van der Waals surface area (Å²) in [5, 5.41) is 8.46. The van der Waals surface area contributed by atoms with Crippen LogP contribution in [0.15, 0.2) is 127 Å². The molecule has 4 heteroatoms. The molecule has 3 aromatic heterocycles. The predicted octanol–water partition coefficient (Wildman–Crippen LogP) is 9.91. The Labute approximate surface area is 233 Å². The maximum atomic E-state index is 5.32. The molecule has 0 saturated carbocycles. The first-order valence-electron chi connectivity index (χ1n) is 13.4. The highest BCUT2D eigenvalue weighted by Crippen LogP contribution is 2.38. The van der Waals surface area contributed by atoms with Gasteiger partial charge in [-0.15, -0.1) is 11.3 Å². The second-order valence-electron chi connectivity index (χ2n) is 10.3. The summed E-state index contributed by atoms with van der Waals surface area (Å²) in [6.07, 6.45) is 0. The van der Waals surface area contributed by atoms with Crippen LogP contribution >= 0.6 is 11.3 Å². The largest absolute Gasteiger partial charge is 0.293 e. The zero-order valence-corrected chi connectivity index (χ0v) is 22.2. The first kappa shape index (κ1) is 21.8. The summed E-state index contributed by atoms with van der Waals surface area (Å²) in [7, 11) is 0. The first-order chi connectivity index (χ1) is 19.8. The van der Waals surface area contributed by atoms with E-state index in [9.17, 15) is 0 Å². The Kier molecular flexibility index (Phi) is 4.48. The van der Waals surface area contributed by atoms with Gasteiger partial charge in [-0.2, -0.15) is 0 Å². The number of rotatable bonds is 2. The highest BCUT2D eigenvalue weighted by molar-refractivity contribution is 7.25. The van der Waals surface area contributed by atoms with E-state index >= 15 is 0 Å². The zero-order valence-electron chi connectivity index (χ0n) is 21.4. The summed E-state index contributed by atoms with van der Waals surface area (Å²) in [5.74, 6) is 1.63. The Hall–Kier alpha value is -5.06. The fraction of sp³-hybridized carbons (Fsp3) is 0. The van der Waals surface area contributed by atoms with Crippen molar-refractivity contribution < 1.29 is 0 Å². The lowest BCUT2D eigenvalue weighted by atomic mass is 10.1. The van der Waals surface area contributed by atoms with Crippen LogP contribution in [0.25, 0.3) is 80.9 Å². The molecular weight excluding hydrogens is 506 g/mol. The van der Waals surface area contributed by atoms with Gasteiger partial charge in [0, 0.05) is 41.9 Å². The molecule has 40 heavy (non-hydrogen) atoms. The van der Waals surface area contributed by atoms with Crippen LogP contribution in [0.3, 0.4) is 0 Å². The number of hydrogen-bond donors (Lipinski definition) is 0. The van der Waals surface area contributed by atoms with Crippen LogP contribution in [0.1, 0.15) is 0 Å². The molecule has 0 unspecified atom stereocenters. The number of hydrogen-bond acceptors (Lipinski definition) is 3. The Bertz CT molecular complexity index is 2450. The van der Waals surface area contributed by atoms with Gasteiger partial charge in [0.05, 0.1) is 16.6 Å². The molecule has 3 nitrogen and oxygen atoms in total. The maximum Gasteiger partial charge on any atom is 0.162 e. The van der Waals surface area contributed by atoms with Gasteiger partial charge < -0.3 is 0 Å². The van der Waals surface area contributed by atoms with Crippen molar-refractivity contribution in [2.24, 2.45) is 0 Å². The first-order valence-corrected chi connectivity index (χ1v) is 14.2. The summed E-state index contributed by atoms with van der Waals surface area (Å²) in [6.45, 7) is 0. The molecule has 0 N–H and O–H groups in total. The minimum Gasteiger partial charge on any atom is -0.293 e. The molecule has 186 valence electrons. The van der Waals surface area contributed by atoms with Crippen molar-refractivity contribution >= 4 is 75.0 Å².